The Bertz CT molecular complexity index is 195. The molecule has 0 spiro atoms. The number of allylic oxidation sites excluding steroid dienone is 1. The van der Waals surface area contributed by atoms with E-state index in [-0.39, 0.29) is 11.9 Å². The number of rotatable bonds is 7. The number of nitrogens with zero attached hydrogens (tertiary/aromatic N) is 1. The van der Waals surface area contributed by atoms with Crippen LogP contribution in [0.4, 0.5) is 0 Å². The van der Waals surface area contributed by atoms with Crippen molar-refractivity contribution in [1.82, 2.24) is 4.90 Å². The molecule has 0 aliphatic heterocycles. The third-order valence-corrected chi connectivity index (χ3v) is 2.28. The largest absolute Gasteiger partial charge is 0.392 e. The lowest BCUT2D eigenvalue weighted by Crippen LogP contribution is -2.43. The molecule has 1 unspecified atom stereocenters. The number of amides is 1. The lowest BCUT2D eigenvalue weighted by Gasteiger charge is -2.24. The van der Waals surface area contributed by atoms with Gasteiger partial charge in [0.15, 0.2) is 0 Å². The van der Waals surface area contributed by atoms with Gasteiger partial charge in [-0.15, -0.1) is 6.58 Å². The average molecular weight is 200 g/mol. The van der Waals surface area contributed by atoms with Crippen LogP contribution in [0.15, 0.2) is 12.7 Å². The Labute approximate surface area is 85.4 Å². The van der Waals surface area contributed by atoms with Gasteiger partial charge in [0.05, 0.1) is 12.1 Å². The standard InChI is InChI=1S/C10H20N2O2/c1-4-5-6-9(13)7-12(3)8(2)10(11)14/h4,8-9,13H,1,5-7H2,2-3H3,(H2,11,14)/t8-,9?/m1/s1. The van der Waals surface area contributed by atoms with E-state index < -0.39 is 6.10 Å². The van der Waals surface area contributed by atoms with Crippen molar-refractivity contribution in [3.05, 3.63) is 12.7 Å². The van der Waals surface area contributed by atoms with Crippen molar-refractivity contribution in [1.29, 1.82) is 0 Å². The zero-order chi connectivity index (χ0) is 11.1. The van der Waals surface area contributed by atoms with Gasteiger partial charge in [-0.2, -0.15) is 0 Å². The van der Waals surface area contributed by atoms with E-state index >= 15 is 0 Å². The average Bonchev–Trinajstić information content (AvgIpc) is 2.13. The number of aliphatic hydroxyl groups is 1. The van der Waals surface area contributed by atoms with E-state index in [1.165, 1.54) is 0 Å². The molecule has 0 saturated heterocycles. The van der Waals surface area contributed by atoms with Gasteiger partial charge < -0.3 is 10.8 Å². The van der Waals surface area contributed by atoms with E-state index in [0.717, 1.165) is 6.42 Å². The van der Waals surface area contributed by atoms with Crippen molar-refractivity contribution < 1.29 is 9.90 Å². The molecule has 0 saturated carbocycles. The number of likely N-dealkylation sites (N-methyl/N-ethyl adjacent to an activating group) is 1. The molecule has 0 aliphatic rings. The van der Waals surface area contributed by atoms with Gasteiger partial charge in [0, 0.05) is 6.54 Å². The van der Waals surface area contributed by atoms with E-state index in [0.29, 0.717) is 13.0 Å². The maximum Gasteiger partial charge on any atom is 0.234 e. The topological polar surface area (TPSA) is 66.6 Å². The van der Waals surface area contributed by atoms with Gasteiger partial charge >= 0.3 is 0 Å². The van der Waals surface area contributed by atoms with Crippen LogP contribution in [0, 0.1) is 0 Å². The van der Waals surface area contributed by atoms with Crippen molar-refractivity contribution in [2.24, 2.45) is 5.73 Å². The normalized spacial score (nSPS) is 15.1. The Hall–Kier alpha value is -0.870. The summed E-state index contributed by atoms with van der Waals surface area (Å²) in [5, 5.41) is 9.54. The quantitative estimate of drug-likeness (QED) is 0.574. The van der Waals surface area contributed by atoms with Crippen LogP contribution in [0.5, 0.6) is 0 Å². The molecule has 82 valence electrons. The maximum absolute atomic E-state index is 10.8. The van der Waals surface area contributed by atoms with E-state index in [2.05, 4.69) is 6.58 Å². The highest BCUT2D eigenvalue weighted by Gasteiger charge is 2.17. The molecule has 0 heterocycles. The molecule has 4 heteroatoms. The number of hydrogen-bond acceptors (Lipinski definition) is 3. The lowest BCUT2D eigenvalue weighted by molar-refractivity contribution is -0.122. The van der Waals surface area contributed by atoms with Crippen molar-refractivity contribution in [2.75, 3.05) is 13.6 Å². The number of primary amides is 1. The van der Waals surface area contributed by atoms with Crippen molar-refractivity contribution >= 4 is 5.91 Å². The van der Waals surface area contributed by atoms with Crippen LogP contribution in [0.25, 0.3) is 0 Å². The molecular weight excluding hydrogens is 180 g/mol. The third kappa shape index (κ3) is 4.99. The van der Waals surface area contributed by atoms with Crippen molar-refractivity contribution in [2.45, 2.75) is 31.9 Å². The number of nitrogens with two attached hydrogens (primary N) is 1. The number of aliphatic hydroxyl groups excluding tert-OH is 1. The minimum atomic E-state index is -0.431. The highest BCUT2D eigenvalue weighted by molar-refractivity contribution is 5.79. The Morgan fingerprint density at radius 1 is 1.71 bits per heavy atom. The summed E-state index contributed by atoms with van der Waals surface area (Å²) >= 11 is 0. The Balaban J connectivity index is 3.85. The second-order valence-corrected chi connectivity index (χ2v) is 3.54. The SMILES string of the molecule is C=CCCC(O)CN(C)[C@H](C)C(N)=O. The van der Waals surface area contributed by atoms with Crippen molar-refractivity contribution in [3.8, 4) is 0 Å². The molecule has 3 N–H and O–H groups in total. The second kappa shape index (κ2) is 6.56. The second-order valence-electron chi connectivity index (χ2n) is 3.54. The highest BCUT2D eigenvalue weighted by atomic mass is 16.3. The third-order valence-electron chi connectivity index (χ3n) is 2.28. The molecular formula is C10H20N2O2. The van der Waals surface area contributed by atoms with Gasteiger partial charge in [-0.1, -0.05) is 6.08 Å². The monoisotopic (exact) mass is 200 g/mol. The van der Waals surface area contributed by atoms with E-state index in [1.54, 1.807) is 24.9 Å². The molecule has 0 fully saturated rings. The fraction of sp³-hybridized carbons (Fsp3) is 0.700. The summed E-state index contributed by atoms with van der Waals surface area (Å²) < 4.78 is 0. The van der Waals surface area contributed by atoms with Gasteiger partial charge in [0.2, 0.25) is 5.91 Å². The molecule has 0 aromatic rings. The Morgan fingerprint density at radius 2 is 2.29 bits per heavy atom. The first-order valence-corrected chi connectivity index (χ1v) is 4.77. The lowest BCUT2D eigenvalue weighted by atomic mass is 10.1. The van der Waals surface area contributed by atoms with Crippen LogP contribution in [0.3, 0.4) is 0 Å². The van der Waals surface area contributed by atoms with Crippen LogP contribution < -0.4 is 5.73 Å². The van der Waals surface area contributed by atoms with E-state index in [4.69, 9.17) is 5.73 Å². The molecule has 0 radical (unpaired) electrons. The first-order chi connectivity index (χ1) is 6.49. The van der Waals surface area contributed by atoms with Crippen LogP contribution in [0.1, 0.15) is 19.8 Å². The van der Waals surface area contributed by atoms with Crippen molar-refractivity contribution in [3.63, 3.8) is 0 Å². The van der Waals surface area contributed by atoms with Crippen LogP contribution in [0.2, 0.25) is 0 Å². The molecule has 14 heavy (non-hydrogen) atoms. The predicted octanol–water partition coefficient (Wildman–Crippen LogP) is 0.119. The maximum atomic E-state index is 10.8. The summed E-state index contributed by atoms with van der Waals surface area (Å²) in [4.78, 5) is 12.6. The minimum Gasteiger partial charge on any atom is -0.392 e. The smallest absolute Gasteiger partial charge is 0.234 e. The molecule has 0 rings (SSSR count). The first-order valence-electron chi connectivity index (χ1n) is 4.77. The van der Waals surface area contributed by atoms with Gasteiger partial charge in [-0.3, -0.25) is 9.69 Å². The number of carbonyl (C=O) groups is 1. The predicted molar refractivity (Wildman–Crippen MR) is 56.7 cm³/mol. The number of carbonyl (C=O) groups excluding carboxylic acids is 1. The summed E-state index contributed by atoms with van der Waals surface area (Å²) in [7, 11) is 1.77. The highest BCUT2D eigenvalue weighted by Crippen LogP contribution is 2.02. The van der Waals surface area contributed by atoms with Gasteiger partial charge in [0.25, 0.3) is 0 Å². The van der Waals surface area contributed by atoms with Crippen LogP contribution in [-0.2, 0) is 4.79 Å². The van der Waals surface area contributed by atoms with Crippen LogP contribution >= 0.6 is 0 Å². The minimum absolute atomic E-state index is 0.339. The van der Waals surface area contributed by atoms with Gasteiger partial charge in [0.1, 0.15) is 0 Å². The van der Waals surface area contributed by atoms with E-state index in [1.807, 2.05) is 0 Å². The summed E-state index contributed by atoms with van der Waals surface area (Å²) in [5.41, 5.74) is 5.13. The summed E-state index contributed by atoms with van der Waals surface area (Å²) in [5.74, 6) is -0.372. The number of hydrogen-bond donors (Lipinski definition) is 2. The Morgan fingerprint density at radius 3 is 2.71 bits per heavy atom. The molecule has 4 nitrogen and oxygen atoms in total. The van der Waals surface area contributed by atoms with E-state index in [9.17, 15) is 9.90 Å². The summed E-state index contributed by atoms with van der Waals surface area (Å²) in [6, 6.07) is -0.339. The Kier molecular flexibility index (Phi) is 6.16. The van der Waals surface area contributed by atoms with Gasteiger partial charge in [-0.25, -0.2) is 0 Å². The fourth-order valence-electron chi connectivity index (χ4n) is 1.11. The molecule has 0 aromatic heterocycles. The van der Waals surface area contributed by atoms with Crippen LogP contribution in [-0.4, -0.2) is 41.7 Å². The zero-order valence-electron chi connectivity index (χ0n) is 8.94. The molecule has 0 bridgehead atoms. The van der Waals surface area contributed by atoms with Gasteiger partial charge in [-0.05, 0) is 26.8 Å². The molecule has 2 atom stereocenters. The summed E-state index contributed by atoms with van der Waals surface area (Å²) in [6.07, 6.45) is 2.78. The summed E-state index contributed by atoms with van der Waals surface area (Å²) in [6.45, 7) is 5.76. The first kappa shape index (κ1) is 13.1. The molecule has 0 aromatic carbocycles. The zero-order valence-corrected chi connectivity index (χ0v) is 8.94. The fourth-order valence-corrected chi connectivity index (χ4v) is 1.11. The molecule has 0 aliphatic carbocycles. The molecule has 1 amide bonds.